The molecule has 0 aromatic heterocycles. The molecule has 0 amide bonds. The second kappa shape index (κ2) is 2.90. The molecule has 7 heteroatoms. The van der Waals surface area contributed by atoms with Crippen LogP contribution in [0.4, 0.5) is 8.78 Å². The van der Waals surface area contributed by atoms with Gasteiger partial charge in [0, 0.05) is 20.0 Å². The van der Waals surface area contributed by atoms with Gasteiger partial charge in [-0.15, -0.1) is 4.31 Å². The summed E-state index contributed by atoms with van der Waals surface area (Å²) in [4.78, 5) is 0. The topological polar surface area (TPSA) is 49.4 Å². The fraction of sp³-hybridized carbons (Fsp3) is 1.00. The van der Waals surface area contributed by atoms with Crippen LogP contribution in [0.1, 0.15) is 12.8 Å². The molecule has 0 radical (unpaired) electrons. The van der Waals surface area contributed by atoms with Gasteiger partial charge in [-0.2, -0.15) is 17.2 Å². The molecule has 12 heavy (non-hydrogen) atoms. The van der Waals surface area contributed by atoms with Crippen LogP contribution in [0.2, 0.25) is 0 Å². The lowest BCUT2D eigenvalue weighted by Crippen LogP contribution is -2.45. The van der Waals surface area contributed by atoms with Crippen LogP contribution in [0.15, 0.2) is 0 Å². The Balaban J connectivity index is 2.90. The molecule has 0 unspecified atom stereocenters. The van der Waals surface area contributed by atoms with Crippen molar-refractivity contribution in [3.05, 3.63) is 0 Å². The van der Waals surface area contributed by atoms with E-state index in [4.69, 9.17) is 0 Å². The van der Waals surface area contributed by atoms with Gasteiger partial charge in [-0.25, -0.2) is 4.72 Å². The van der Waals surface area contributed by atoms with Crippen LogP contribution < -0.4 is 4.72 Å². The molecular formula is C5H10F2N2O2S. The molecular weight excluding hydrogens is 190 g/mol. The van der Waals surface area contributed by atoms with E-state index in [1.807, 2.05) is 4.72 Å². The maximum absolute atomic E-state index is 12.8. The normalized spacial score (nSPS) is 24.6. The van der Waals surface area contributed by atoms with Crippen molar-refractivity contribution in [1.82, 2.24) is 9.03 Å². The lowest BCUT2D eigenvalue weighted by atomic mass is 10.4. The third-order valence-corrected chi connectivity index (χ3v) is 3.30. The molecule has 1 aliphatic rings. The zero-order valence-electron chi connectivity index (χ0n) is 6.55. The van der Waals surface area contributed by atoms with Crippen molar-refractivity contribution in [2.24, 2.45) is 0 Å². The molecule has 0 spiro atoms. The number of nitrogens with one attached hydrogen (secondary N) is 1. The monoisotopic (exact) mass is 200 g/mol. The Bertz CT molecular complexity index is 265. The molecule has 0 aliphatic carbocycles. The smallest absolute Gasteiger partial charge is 0.205 e. The summed E-state index contributed by atoms with van der Waals surface area (Å²) in [6, 6.07) is -3.22. The van der Waals surface area contributed by atoms with Crippen LogP contribution in [-0.4, -0.2) is 32.4 Å². The number of hydrogen-bond acceptors (Lipinski definition) is 2. The van der Waals surface area contributed by atoms with Gasteiger partial charge in [0.05, 0.1) is 0 Å². The van der Waals surface area contributed by atoms with E-state index in [0.717, 1.165) is 7.05 Å². The van der Waals surface area contributed by atoms with Gasteiger partial charge >= 0.3 is 6.05 Å². The van der Waals surface area contributed by atoms with E-state index < -0.39 is 22.7 Å². The second-order valence-corrected chi connectivity index (χ2v) is 4.35. The first-order valence-electron chi connectivity index (χ1n) is 3.49. The fourth-order valence-corrected chi connectivity index (χ4v) is 2.16. The van der Waals surface area contributed by atoms with Crippen LogP contribution in [0, 0.1) is 0 Å². The second-order valence-electron chi connectivity index (χ2n) is 2.55. The summed E-state index contributed by atoms with van der Waals surface area (Å²) >= 11 is 0. The Morgan fingerprint density at radius 2 is 2.08 bits per heavy atom. The summed E-state index contributed by atoms with van der Waals surface area (Å²) in [5.74, 6) is 0. The molecule has 0 aromatic carbocycles. The highest BCUT2D eigenvalue weighted by Gasteiger charge is 2.48. The van der Waals surface area contributed by atoms with Crippen LogP contribution in [-0.2, 0) is 10.2 Å². The molecule has 0 aromatic rings. The van der Waals surface area contributed by atoms with Crippen LogP contribution in [0.5, 0.6) is 0 Å². The van der Waals surface area contributed by atoms with Crippen molar-refractivity contribution in [2.75, 3.05) is 13.6 Å². The zero-order chi connectivity index (χ0) is 9.41. The molecule has 1 heterocycles. The quantitative estimate of drug-likeness (QED) is 0.644. The van der Waals surface area contributed by atoms with Gasteiger partial charge in [0.15, 0.2) is 0 Å². The third-order valence-electron chi connectivity index (χ3n) is 1.75. The van der Waals surface area contributed by atoms with Crippen LogP contribution >= 0.6 is 0 Å². The standard InChI is InChI=1S/C5H10F2N2O2S/c1-8-12(10,11)9-4-2-3-5(9,6)7/h8H,2-4H2,1H3. The van der Waals surface area contributed by atoms with Gasteiger partial charge in [-0.1, -0.05) is 0 Å². The maximum Gasteiger partial charge on any atom is 0.318 e. The Kier molecular flexibility index (Phi) is 2.37. The average molecular weight is 200 g/mol. The summed E-state index contributed by atoms with van der Waals surface area (Å²) in [5.41, 5.74) is 0. The third kappa shape index (κ3) is 1.57. The number of hydrogen-bond donors (Lipinski definition) is 1. The summed E-state index contributed by atoms with van der Waals surface area (Å²) in [6.07, 6.45) is -0.193. The van der Waals surface area contributed by atoms with Gasteiger partial charge in [0.1, 0.15) is 0 Å². The molecule has 1 N–H and O–H groups in total. The van der Waals surface area contributed by atoms with Crippen LogP contribution in [0.25, 0.3) is 0 Å². The minimum atomic E-state index is -3.97. The predicted octanol–water partition coefficient (Wildman–Crippen LogP) is 0.139. The molecule has 0 atom stereocenters. The first-order valence-corrected chi connectivity index (χ1v) is 4.93. The van der Waals surface area contributed by atoms with Crippen molar-refractivity contribution in [3.8, 4) is 0 Å². The highest BCUT2D eigenvalue weighted by Crippen LogP contribution is 2.33. The van der Waals surface area contributed by atoms with E-state index in [1.54, 1.807) is 0 Å². The van der Waals surface area contributed by atoms with Gasteiger partial charge in [-0.05, 0) is 6.42 Å². The maximum atomic E-state index is 12.8. The lowest BCUT2D eigenvalue weighted by molar-refractivity contribution is -0.0745. The first-order chi connectivity index (χ1) is 5.40. The minimum absolute atomic E-state index is 0.115. The van der Waals surface area contributed by atoms with Crippen LogP contribution in [0.3, 0.4) is 0 Å². The Morgan fingerprint density at radius 1 is 1.50 bits per heavy atom. The summed E-state index contributed by atoms with van der Waals surface area (Å²) in [5, 5.41) is 0. The number of nitrogens with zero attached hydrogens (tertiary/aromatic N) is 1. The van der Waals surface area contributed by atoms with Gasteiger partial charge < -0.3 is 0 Å². The van der Waals surface area contributed by atoms with E-state index in [1.165, 1.54) is 0 Å². The highest BCUT2D eigenvalue weighted by molar-refractivity contribution is 7.87. The van der Waals surface area contributed by atoms with E-state index >= 15 is 0 Å². The average Bonchev–Trinajstić information content (AvgIpc) is 2.30. The highest BCUT2D eigenvalue weighted by atomic mass is 32.2. The van der Waals surface area contributed by atoms with Gasteiger partial charge in [0.25, 0.3) is 10.2 Å². The Hall–Kier alpha value is -0.270. The van der Waals surface area contributed by atoms with Gasteiger partial charge in [0.2, 0.25) is 0 Å². The molecule has 0 saturated carbocycles. The SMILES string of the molecule is CNS(=O)(=O)N1CCCC1(F)F. The molecule has 1 aliphatic heterocycles. The summed E-state index contributed by atoms with van der Waals surface area (Å²) in [7, 11) is -2.86. The van der Waals surface area contributed by atoms with Crippen molar-refractivity contribution < 1.29 is 17.2 Å². The molecule has 1 saturated heterocycles. The molecule has 1 fully saturated rings. The first kappa shape index (κ1) is 9.82. The van der Waals surface area contributed by atoms with E-state index in [9.17, 15) is 17.2 Å². The molecule has 0 bridgehead atoms. The van der Waals surface area contributed by atoms with Crippen molar-refractivity contribution in [3.63, 3.8) is 0 Å². The Morgan fingerprint density at radius 3 is 2.42 bits per heavy atom. The van der Waals surface area contributed by atoms with E-state index in [0.29, 0.717) is 0 Å². The largest absolute Gasteiger partial charge is 0.318 e. The van der Waals surface area contributed by atoms with Crippen molar-refractivity contribution in [2.45, 2.75) is 18.9 Å². The number of alkyl halides is 2. The summed E-state index contributed by atoms with van der Waals surface area (Å²) in [6.45, 7) is -0.115. The summed E-state index contributed by atoms with van der Waals surface area (Å²) < 4.78 is 49.6. The minimum Gasteiger partial charge on any atom is -0.205 e. The van der Waals surface area contributed by atoms with Gasteiger partial charge in [-0.3, -0.25) is 0 Å². The number of rotatable bonds is 2. The molecule has 1 rings (SSSR count). The lowest BCUT2D eigenvalue weighted by Gasteiger charge is -2.21. The fourth-order valence-electron chi connectivity index (χ4n) is 1.13. The Labute approximate surface area is 69.7 Å². The number of halogens is 2. The predicted molar refractivity (Wildman–Crippen MR) is 38.9 cm³/mol. The van der Waals surface area contributed by atoms with Crippen molar-refractivity contribution in [1.29, 1.82) is 0 Å². The van der Waals surface area contributed by atoms with E-state index in [-0.39, 0.29) is 17.3 Å². The van der Waals surface area contributed by atoms with E-state index in [2.05, 4.69) is 0 Å². The van der Waals surface area contributed by atoms with Crippen molar-refractivity contribution >= 4 is 10.2 Å². The molecule has 72 valence electrons. The molecule has 4 nitrogen and oxygen atoms in total. The zero-order valence-corrected chi connectivity index (χ0v) is 7.37.